The van der Waals surface area contributed by atoms with E-state index >= 15 is 0 Å². The van der Waals surface area contributed by atoms with E-state index in [1.54, 1.807) is 12.2 Å². The second kappa shape index (κ2) is 8.89. The number of allylic oxidation sites excluding steroid dienone is 10. The second-order valence-electron chi connectivity index (χ2n) is 7.62. The molecule has 0 N–H and O–H groups in total. The first-order chi connectivity index (χ1) is 16.2. The highest BCUT2D eigenvalue weighted by Gasteiger charge is 2.32. The Morgan fingerprint density at radius 2 is 1.06 bits per heavy atom. The van der Waals surface area contributed by atoms with Crippen LogP contribution in [0.4, 0.5) is 0 Å². The van der Waals surface area contributed by atoms with Crippen molar-refractivity contribution in [3.05, 3.63) is 144 Å². The summed E-state index contributed by atoms with van der Waals surface area (Å²) in [7, 11) is 0. The average Bonchev–Trinajstić information content (AvgIpc) is 3.21. The van der Waals surface area contributed by atoms with E-state index in [0.29, 0.717) is 5.71 Å². The van der Waals surface area contributed by atoms with Crippen molar-refractivity contribution in [2.75, 3.05) is 0 Å². The Kier molecular flexibility index (Phi) is 5.48. The van der Waals surface area contributed by atoms with Crippen LogP contribution in [0.2, 0.25) is 0 Å². The molecule has 1 aliphatic carbocycles. The first kappa shape index (κ1) is 20.3. The van der Waals surface area contributed by atoms with Crippen molar-refractivity contribution in [1.29, 1.82) is 0 Å². The highest BCUT2D eigenvalue weighted by Crippen LogP contribution is 2.32. The van der Waals surface area contributed by atoms with Crippen LogP contribution in [-0.4, -0.2) is 22.1 Å². The van der Waals surface area contributed by atoms with Gasteiger partial charge in [0.2, 0.25) is 5.71 Å². The Hall–Kier alpha value is -4.57. The zero-order chi connectivity index (χ0) is 22.6. The van der Waals surface area contributed by atoms with E-state index in [1.807, 2.05) is 97.1 Å². The van der Waals surface area contributed by atoms with Gasteiger partial charge in [0.15, 0.2) is 0 Å². The van der Waals surface area contributed by atoms with Gasteiger partial charge >= 0.3 is 11.8 Å². The summed E-state index contributed by atoms with van der Waals surface area (Å²) in [6, 6.07) is 20.0. The average molecular weight is 430 g/mol. The molecule has 4 heteroatoms. The molecular weight excluding hydrogens is 410 g/mol. The van der Waals surface area contributed by atoms with Crippen molar-refractivity contribution < 1.29 is 18.9 Å². The third-order valence-electron chi connectivity index (χ3n) is 5.36. The minimum atomic E-state index is -0.321. The molecule has 0 unspecified atom stereocenters. The quantitative estimate of drug-likeness (QED) is 0.500. The van der Waals surface area contributed by atoms with Crippen molar-refractivity contribution in [3.63, 3.8) is 0 Å². The molecule has 4 nitrogen and oxygen atoms in total. The third kappa shape index (κ3) is 4.41. The molecule has 0 saturated carbocycles. The zero-order valence-electron chi connectivity index (χ0n) is 17.7. The lowest BCUT2D eigenvalue weighted by Gasteiger charge is -2.19. The number of ether oxygens (including phenoxy) is 1. The lowest BCUT2D eigenvalue weighted by Crippen LogP contribution is -2.25. The van der Waals surface area contributed by atoms with Gasteiger partial charge in [-0.25, -0.2) is 9.59 Å². The van der Waals surface area contributed by atoms with Crippen LogP contribution in [0.25, 0.3) is 11.5 Å². The molecule has 2 amide bonds. The molecule has 158 valence electrons. The van der Waals surface area contributed by atoms with E-state index in [1.165, 1.54) is 12.2 Å². The number of hydrogen-bond donors (Lipinski definition) is 0. The first-order valence-corrected chi connectivity index (χ1v) is 10.6. The summed E-state index contributed by atoms with van der Waals surface area (Å²) in [4.78, 5) is 23.7. The summed E-state index contributed by atoms with van der Waals surface area (Å²) in [6.45, 7) is 0. The Bertz CT molecular complexity index is 1280. The van der Waals surface area contributed by atoms with Crippen LogP contribution in [-0.2, 0) is 14.3 Å². The van der Waals surface area contributed by atoms with Gasteiger partial charge in [0.05, 0.1) is 12.2 Å². The van der Waals surface area contributed by atoms with E-state index in [4.69, 9.17) is 4.74 Å². The molecule has 33 heavy (non-hydrogen) atoms. The molecule has 0 radical (unpaired) electrons. The molecule has 2 heterocycles. The number of carbonyl (C=O) groups excluding carboxylic acids is 2. The molecular formula is C29H20NO3+. The molecule has 2 aliphatic heterocycles. The van der Waals surface area contributed by atoms with Gasteiger partial charge in [-0.1, -0.05) is 77.4 Å². The topological polar surface area (TPSA) is 46.4 Å². The third-order valence-corrected chi connectivity index (χ3v) is 5.36. The number of rotatable bonds is 3. The number of imide groups is 1. The number of carbonyl (C=O) groups is 2. The number of amides is 2. The van der Waals surface area contributed by atoms with Gasteiger partial charge in [-0.2, -0.15) is 0 Å². The minimum Gasteiger partial charge on any atom is -0.456 e. The van der Waals surface area contributed by atoms with Gasteiger partial charge in [-0.05, 0) is 35.5 Å². The van der Waals surface area contributed by atoms with E-state index in [0.717, 1.165) is 38.4 Å². The normalized spacial score (nSPS) is 17.2. The molecule has 5 rings (SSSR count). The number of nitrogens with zero attached hydrogens (tertiary/aromatic N) is 1. The monoisotopic (exact) mass is 430 g/mol. The van der Waals surface area contributed by atoms with Crippen LogP contribution in [0.3, 0.4) is 0 Å². The standard InChI is InChI=1S/C29H20NO3/c31-28-17-18-29(32)30(28)25-15-13-21(14-16-25)11-12-22-19-26(23-7-3-1-4-8-23)33-27(20-22)24-9-5-2-6-10-24/h1-20H/q+1. The van der Waals surface area contributed by atoms with Crippen LogP contribution >= 0.6 is 0 Å². The fourth-order valence-corrected chi connectivity index (χ4v) is 3.69. The van der Waals surface area contributed by atoms with Gasteiger partial charge in [0.1, 0.15) is 11.5 Å². The minimum absolute atomic E-state index is 0.321. The van der Waals surface area contributed by atoms with Crippen LogP contribution in [0, 0.1) is 0 Å². The van der Waals surface area contributed by atoms with Gasteiger partial charge in [0, 0.05) is 23.3 Å². The molecule has 3 aliphatic rings. The maximum Gasteiger partial charge on any atom is 0.421 e. The van der Waals surface area contributed by atoms with E-state index in [-0.39, 0.29) is 11.8 Å². The number of benzene rings is 2. The summed E-state index contributed by atoms with van der Waals surface area (Å²) in [5, 5.41) is 0. The van der Waals surface area contributed by atoms with Crippen LogP contribution in [0.15, 0.2) is 133 Å². The summed E-state index contributed by atoms with van der Waals surface area (Å²) < 4.78 is 7.38. The zero-order valence-corrected chi connectivity index (χ0v) is 17.7. The molecule has 2 aromatic rings. The molecule has 0 bridgehead atoms. The second-order valence-corrected chi connectivity index (χ2v) is 7.62. The highest BCUT2D eigenvalue weighted by molar-refractivity contribution is 6.13. The molecule has 0 saturated heterocycles. The molecule has 0 aromatic heterocycles. The predicted octanol–water partition coefficient (Wildman–Crippen LogP) is 5.15. The van der Waals surface area contributed by atoms with Gasteiger partial charge in [-0.15, -0.1) is 0 Å². The van der Waals surface area contributed by atoms with E-state index in [2.05, 4.69) is 0 Å². The van der Waals surface area contributed by atoms with Crippen molar-refractivity contribution >= 4 is 29.0 Å². The first-order valence-electron chi connectivity index (χ1n) is 10.6. The largest absolute Gasteiger partial charge is 0.456 e. The maximum atomic E-state index is 11.9. The van der Waals surface area contributed by atoms with Crippen molar-refractivity contribution in [1.82, 2.24) is 0 Å². The van der Waals surface area contributed by atoms with Crippen LogP contribution in [0.5, 0.6) is 0 Å². The SMILES string of the molecule is O=C1C=CC(=O)[N+]1=C1C=CC(=CC=C2C=C(c3ccccc3)OC(c3ccccc3)=C2)C=C1. The van der Waals surface area contributed by atoms with E-state index < -0.39 is 0 Å². The molecule has 2 aromatic carbocycles. The molecule has 0 spiro atoms. The fraction of sp³-hybridized carbons (Fsp3) is 0. The van der Waals surface area contributed by atoms with Crippen molar-refractivity contribution in [2.45, 2.75) is 0 Å². The Balaban J connectivity index is 1.46. The van der Waals surface area contributed by atoms with E-state index in [9.17, 15) is 9.59 Å². The maximum absolute atomic E-state index is 11.9. The highest BCUT2D eigenvalue weighted by atomic mass is 16.5. The van der Waals surface area contributed by atoms with Crippen LogP contribution in [0.1, 0.15) is 11.1 Å². The summed E-state index contributed by atoms with van der Waals surface area (Å²) >= 11 is 0. The lowest BCUT2D eigenvalue weighted by atomic mass is 10.0. The van der Waals surface area contributed by atoms with Crippen molar-refractivity contribution in [3.8, 4) is 0 Å². The lowest BCUT2D eigenvalue weighted by molar-refractivity contribution is -0.367. The van der Waals surface area contributed by atoms with Gasteiger partial charge in [-0.3, -0.25) is 0 Å². The molecule has 0 atom stereocenters. The Morgan fingerprint density at radius 3 is 1.58 bits per heavy atom. The molecule has 0 fully saturated rings. The van der Waals surface area contributed by atoms with Crippen molar-refractivity contribution in [2.24, 2.45) is 0 Å². The van der Waals surface area contributed by atoms with Crippen LogP contribution < -0.4 is 0 Å². The Labute approximate surface area is 191 Å². The predicted molar refractivity (Wildman–Crippen MR) is 129 cm³/mol. The fourth-order valence-electron chi connectivity index (χ4n) is 3.69. The van der Waals surface area contributed by atoms with Gasteiger partial charge < -0.3 is 4.74 Å². The van der Waals surface area contributed by atoms with Gasteiger partial charge in [0.25, 0.3) is 0 Å². The number of hydrogen-bond acceptors (Lipinski definition) is 3. The summed E-state index contributed by atoms with van der Waals surface area (Å²) in [5.74, 6) is 0.924. The smallest absolute Gasteiger partial charge is 0.421 e. The Morgan fingerprint density at radius 1 is 0.576 bits per heavy atom. The summed E-state index contributed by atoms with van der Waals surface area (Å²) in [6.07, 6.45) is 17.9. The summed E-state index contributed by atoms with van der Waals surface area (Å²) in [5.41, 5.74) is 4.51.